The molecular weight excluding hydrogens is 415 g/mol. The Kier molecular flexibility index (Phi) is 4.21. The Bertz CT molecular complexity index is 1450. The van der Waals surface area contributed by atoms with Gasteiger partial charge in [-0.3, -0.25) is 4.90 Å². The van der Waals surface area contributed by atoms with E-state index in [9.17, 15) is 4.39 Å². The molecule has 5 heterocycles. The Morgan fingerprint density at radius 2 is 1.91 bits per heavy atom. The van der Waals surface area contributed by atoms with Crippen molar-refractivity contribution in [3.05, 3.63) is 36.2 Å². The molecule has 1 fully saturated rings. The third-order valence-corrected chi connectivity index (χ3v) is 6.10. The highest BCUT2D eigenvalue weighted by atomic mass is 19.1. The summed E-state index contributed by atoms with van der Waals surface area (Å²) in [4.78, 5) is 13.1. The molecule has 1 saturated heterocycles. The Balaban J connectivity index is 1.15. The number of rotatable bonds is 4. The summed E-state index contributed by atoms with van der Waals surface area (Å²) < 4.78 is 23.1. The fourth-order valence-electron chi connectivity index (χ4n) is 4.33. The number of aromatic nitrogens is 7. The van der Waals surface area contributed by atoms with Gasteiger partial charge < -0.3 is 15.2 Å². The van der Waals surface area contributed by atoms with Gasteiger partial charge in [-0.1, -0.05) is 5.16 Å². The molecule has 1 aliphatic heterocycles. The van der Waals surface area contributed by atoms with E-state index in [1.54, 1.807) is 6.20 Å². The smallest absolute Gasteiger partial charge is 0.225 e. The van der Waals surface area contributed by atoms with Crippen LogP contribution in [0.2, 0.25) is 0 Å². The van der Waals surface area contributed by atoms with Crippen LogP contribution in [-0.2, 0) is 6.54 Å². The van der Waals surface area contributed by atoms with Gasteiger partial charge in [-0.05, 0) is 13.0 Å². The van der Waals surface area contributed by atoms with Crippen molar-refractivity contribution in [2.45, 2.75) is 13.5 Å². The molecule has 0 amide bonds. The van der Waals surface area contributed by atoms with E-state index in [2.05, 4.69) is 35.1 Å². The number of nitrogens with two attached hydrogens (primary N) is 1. The summed E-state index contributed by atoms with van der Waals surface area (Å²) in [5.41, 5.74) is 9.19. The first-order valence-electron chi connectivity index (χ1n) is 10.4. The molecule has 0 spiro atoms. The predicted molar refractivity (Wildman–Crippen MR) is 116 cm³/mol. The lowest BCUT2D eigenvalue weighted by atomic mass is 10.1. The highest BCUT2D eigenvalue weighted by Gasteiger charge is 2.22. The summed E-state index contributed by atoms with van der Waals surface area (Å²) in [5.74, 6) is -0.00371. The van der Waals surface area contributed by atoms with Gasteiger partial charge in [0.15, 0.2) is 16.9 Å². The maximum absolute atomic E-state index is 14.6. The summed E-state index contributed by atoms with van der Waals surface area (Å²) >= 11 is 0. The third kappa shape index (κ3) is 2.94. The van der Waals surface area contributed by atoms with Crippen molar-refractivity contribution < 1.29 is 8.91 Å². The second-order valence-electron chi connectivity index (χ2n) is 7.97. The maximum atomic E-state index is 14.6. The second-order valence-corrected chi connectivity index (χ2v) is 7.97. The highest BCUT2D eigenvalue weighted by molar-refractivity contribution is 5.89. The van der Waals surface area contributed by atoms with Gasteiger partial charge in [0.2, 0.25) is 5.95 Å². The van der Waals surface area contributed by atoms with Crippen LogP contribution in [0.3, 0.4) is 0 Å². The SMILES string of the molecule is Cc1noc2cc(F)c(N3CCN(CCn4ncc5c4nc(N)n4ncnc54)CC3)cc12. The van der Waals surface area contributed by atoms with Crippen LogP contribution in [0.25, 0.3) is 27.6 Å². The van der Waals surface area contributed by atoms with Gasteiger partial charge in [-0.15, -0.1) is 0 Å². The van der Waals surface area contributed by atoms with E-state index in [4.69, 9.17) is 10.3 Å². The molecule has 2 N–H and O–H groups in total. The second kappa shape index (κ2) is 7.12. The summed E-state index contributed by atoms with van der Waals surface area (Å²) in [6.45, 7) is 6.45. The van der Waals surface area contributed by atoms with Crippen molar-refractivity contribution in [1.82, 2.24) is 39.4 Å². The lowest BCUT2D eigenvalue weighted by Crippen LogP contribution is -2.47. The van der Waals surface area contributed by atoms with Crippen LogP contribution in [0.4, 0.5) is 16.0 Å². The number of anilines is 2. The van der Waals surface area contributed by atoms with E-state index in [1.165, 1.54) is 16.9 Å². The Morgan fingerprint density at radius 1 is 1.06 bits per heavy atom. The summed E-state index contributed by atoms with van der Waals surface area (Å²) in [6, 6.07) is 3.26. The normalized spacial score (nSPS) is 15.5. The Labute approximate surface area is 181 Å². The molecule has 4 aromatic heterocycles. The molecule has 0 radical (unpaired) electrons. The fraction of sp³-hybridized carbons (Fsp3) is 0.350. The van der Waals surface area contributed by atoms with Crippen LogP contribution in [-0.4, -0.2) is 72.1 Å². The first-order valence-corrected chi connectivity index (χ1v) is 10.4. The van der Waals surface area contributed by atoms with Crippen LogP contribution in [0.1, 0.15) is 5.69 Å². The van der Waals surface area contributed by atoms with Gasteiger partial charge >= 0.3 is 0 Å². The van der Waals surface area contributed by atoms with E-state index in [1.807, 2.05) is 17.7 Å². The zero-order chi connectivity index (χ0) is 21.8. The number of aryl methyl sites for hydroxylation is 1. The molecular formula is C20H21FN10O. The monoisotopic (exact) mass is 436 g/mol. The van der Waals surface area contributed by atoms with Crippen LogP contribution in [0.5, 0.6) is 0 Å². The van der Waals surface area contributed by atoms with E-state index < -0.39 is 0 Å². The number of benzene rings is 1. The maximum Gasteiger partial charge on any atom is 0.225 e. The molecule has 0 saturated carbocycles. The molecule has 1 aromatic carbocycles. The fourth-order valence-corrected chi connectivity index (χ4v) is 4.33. The number of hydrogen-bond acceptors (Lipinski definition) is 9. The van der Waals surface area contributed by atoms with E-state index in [0.29, 0.717) is 29.1 Å². The summed E-state index contributed by atoms with van der Waals surface area (Å²) in [5, 5.41) is 14.2. The quantitative estimate of drug-likeness (QED) is 0.446. The zero-order valence-corrected chi connectivity index (χ0v) is 17.4. The number of nitrogen functional groups attached to an aromatic ring is 1. The highest BCUT2D eigenvalue weighted by Crippen LogP contribution is 2.28. The topological polar surface area (TPSA) is 119 Å². The van der Waals surface area contributed by atoms with Gasteiger partial charge in [0, 0.05) is 44.2 Å². The molecule has 1 aliphatic rings. The van der Waals surface area contributed by atoms with Crippen molar-refractivity contribution >= 4 is 39.3 Å². The van der Waals surface area contributed by atoms with Crippen LogP contribution >= 0.6 is 0 Å². The van der Waals surface area contributed by atoms with Gasteiger partial charge in [0.05, 0.1) is 29.5 Å². The summed E-state index contributed by atoms with van der Waals surface area (Å²) in [7, 11) is 0. The van der Waals surface area contributed by atoms with Crippen LogP contribution in [0, 0.1) is 12.7 Å². The van der Waals surface area contributed by atoms with Crippen LogP contribution < -0.4 is 10.6 Å². The minimum Gasteiger partial charge on any atom is -0.368 e. The number of halogens is 1. The number of piperazine rings is 1. The standard InChI is InChI=1S/C20H21FN10O/c1-12-13-8-16(15(21)9-17(13)32-27-12)29-5-2-28(3-6-29)4-7-30-19-14(10-24-30)18-23-11-25-31(18)20(22)26-19/h8-11H,2-7H2,1H3,(H2,22,26). The number of fused-ring (bicyclic) bond motifs is 4. The molecule has 0 atom stereocenters. The molecule has 11 nitrogen and oxygen atoms in total. The Hall–Kier alpha value is -3.80. The van der Waals surface area contributed by atoms with Crippen molar-refractivity contribution in [2.75, 3.05) is 43.4 Å². The van der Waals surface area contributed by atoms with E-state index >= 15 is 0 Å². The zero-order valence-electron chi connectivity index (χ0n) is 17.4. The number of hydrogen-bond donors (Lipinski definition) is 1. The van der Waals surface area contributed by atoms with Gasteiger partial charge in [0.25, 0.3) is 0 Å². The Morgan fingerprint density at radius 3 is 2.75 bits per heavy atom. The van der Waals surface area contributed by atoms with Gasteiger partial charge in [0.1, 0.15) is 12.1 Å². The molecule has 0 bridgehead atoms. The molecule has 164 valence electrons. The van der Waals surface area contributed by atoms with E-state index in [0.717, 1.165) is 49.2 Å². The van der Waals surface area contributed by atoms with Gasteiger partial charge in [-0.2, -0.15) is 19.7 Å². The molecule has 5 aromatic rings. The first-order chi connectivity index (χ1) is 15.6. The molecule has 0 aliphatic carbocycles. The molecule has 6 rings (SSSR count). The average molecular weight is 436 g/mol. The minimum absolute atomic E-state index is 0.280. The molecule has 12 heteroatoms. The predicted octanol–water partition coefficient (Wildman–Crippen LogP) is 1.47. The lowest BCUT2D eigenvalue weighted by molar-refractivity contribution is 0.245. The number of nitrogens with zero attached hydrogens (tertiary/aromatic N) is 9. The van der Waals surface area contributed by atoms with Gasteiger partial charge in [-0.25, -0.2) is 14.1 Å². The van der Waals surface area contributed by atoms with Crippen molar-refractivity contribution in [2.24, 2.45) is 0 Å². The third-order valence-electron chi connectivity index (χ3n) is 6.10. The first kappa shape index (κ1) is 18.9. The minimum atomic E-state index is -0.284. The lowest BCUT2D eigenvalue weighted by Gasteiger charge is -2.36. The molecule has 32 heavy (non-hydrogen) atoms. The van der Waals surface area contributed by atoms with Crippen molar-refractivity contribution in [3.63, 3.8) is 0 Å². The van der Waals surface area contributed by atoms with Crippen LogP contribution in [0.15, 0.2) is 29.2 Å². The van der Waals surface area contributed by atoms with Crippen molar-refractivity contribution in [3.8, 4) is 0 Å². The average Bonchev–Trinajstić information content (AvgIpc) is 3.52. The molecule has 0 unspecified atom stereocenters. The van der Waals surface area contributed by atoms with E-state index in [-0.39, 0.29) is 11.8 Å². The summed E-state index contributed by atoms with van der Waals surface area (Å²) in [6.07, 6.45) is 3.20. The largest absolute Gasteiger partial charge is 0.368 e. The van der Waals surface area contributed by atoms with Crippen molar-refractivity contribution in [1.29, 1.82) is 0 Å².